The first-order chi connectivity index (χ1) is 14.3. The molecule has 0 saturated carbocycles. The third-order valence-corrected chi connectivity index (χ3v) is 4.37. The maximum absolute atomic E-state index is 13.2. The lowest BCUT2D eigenvalue weighted by atomic mass is 10.1. The largest absolute Gasteiger partial charge is 0.507 e. The Morgan fingerprint density at radius 1 is 0.600 bits per heavy atom. The van der Waals surface area contributed by atoms with Crippen molar-refractivity contribution >= 4 is 0 Å². The molecular weight excluding hydrogens is 395 g/mol. The van der Waals surface area contributed by atoms with Gasteiger partial charge in [0.05, 0.1) is 16.7 Å². The molecule has 4 aromatic rings. The number of phenolic OH excluding ortho intramolecular Hbond substituents is 2. The third-order valence-electron chi connectivity index (χ3n) is 4.37. The smallest absolute Gasteiger partial charge is 0.416 e. The van der Waals surface area contributed by atoms with E-state index in [0.29, 0.717) is 0 Å². The number of alkyl halides is 3. The highest BCUT2D eigenvalue weighted by Crippen LogP contribution is 2.34. The van der Waals surface area contributed by atoms with E-state index >= 15 is 0 Å². The topological polar surface area (TPSA) is 79.1 Å². The second-order valence-corrected chi connectivity index (χ2v) is 6.42. The second kappa shape index (κ2) is 7.47. The number of aromatic nitrogens is 3. The Morgan fingerprint density at radius 2 is 1.10 bits per heavy atom. The minimum absolute atomic E-state index is 0.0207. The highest BCUT2D eigenvalue weighted by molar-refractivity contribution is 5.71. The van der Waals surface area contributed by atoms with Crippen LogP contribution in [0, 0.1) is 0 Å². The molecule has 0 radical (unpaired) electrons. The number of rotatable bonds is 3. The summed E-state index contributed by atoms with van der Waals surface area (Å²) >= 11 is 0. The number of benzene rings is 3. The lowest BCUT2D eigenvalue weighted by Crippen LogP contribution is -2.05. The fourth-order valence-corrected chi connectivity index (χ4v) is 2.91. The standard InChI is InChI=1S/C22H14F3N3O2/c23-22(24,25)14-7-5-6-13(12-14)19-26-20(15-8-1-3-10-17(15)29)28-21(27-19)16-9-2-4-11-18(16)30/h1-12,29-30H. The van der Waals surface area contributed by atoms with Crippen molar-refractivity contribution in [2.24, 2.45) is 0 Å². The van der Waals surface area contributed by atoms with Gasteiger partial charge in [0.15, 0.2) is 17.5 Å². The predicted molar refractivity (Wildman–Crippen MR) is 104 cm³/mol. The summed E-state index contributed by atoms with van der Waals surface area (Å²) in [4.78, 5) is 12.9. The molecule has 2 N–H and O–H groups in total. The van der Waals surface area contributed by atoms with Gasteiger partial charge in [-0.2, -0.15) is 13.2 Å². The normalized spacial score (nSPS) is 11.4. The molecular formula is C22H14F3N3O2. The van der Waals surface area contributed by atoms with E-state index in [1.54, 1.807) is 36.4 Å². The van der Waals surface area contributed by atoms with Crippen LogP contribution in [0.4, 0.5) is 13.2 Å². The number of nitrogens with zero attached hydrogens (tertiary/aromatic N) is 3. The maximum atomic E-state index is 13.2. The van der Waals surface area contributed by atoms with E-state index in [1.165, 1.54) is 24.3 Å². The van der Waals surface area contributed by atoms with Crippen molar-refractivity contribution in [2.75, 3.05) is 0 Å². The highest BCUT2D eigenvalue weighted by Gasteiger charge is 2.30. The lowest BCUT2D eigenvalue weighted by Gasteiger charge is -2.11. The zero-order valence-electron chi connectivity index (χ0n) is 15.3. The summed E-state index contributed by atoms with van der Waals surface area (Å²) in [6.07, 6.45) is -4.52. The molecule has 0 amide bonds. The van der Waals surface area contributed by atoms with Gasteiger partial charge in [-0.3, -0.25) is 0 Å². The molecule has 0 aliphatic carbocycles. The minimum Gasteiger partial charge on any atom is -0.507 e. The van der Waals surface area contributed by atoms with E-state index in [2.05, 4.69) is 15.0 Å². The van der Waals surface area contributed by atoms with Crippen molar-refractivity contribution in [3.8, 4) is 45.7 Å². The summed E-state index contributed by atoms with van der Waals surface area (Å²) in [5.41, 5.74) is -0.149. The van der Waals surface area contributed by atoms with Crippen molar-refractivity contribution in [3.63, 3.8) is 0 Å². The molecule has 30 heavy (non-hydrogen) atoms. The summed E-state index contributed by atoms with van der Waals surface area (Å²) in [6, 6.07) is 17.3. The first-order valence-electron chi connectivity index (χ1n) is 8.83. The van der Waals surface area contributed by atoms with Crippen LogP contribution in [0.15, 0.2) is 72.8 Å². The lowest BCUT2D eigenvalue weighted by molar-refractivity contribution is -0.137. The fourth-order valence-electron chi connectivity index (χ4n) is 2.91. The van der Waals surface area contributed by atoms with E-state index in [9.17, 15) is 23.4 Å². The van der Waals surface area contributed by atoms with Crippen molar-refractivity contribution in [3.05, 3.63) is 78.4 Å². The summed E-state index contributed by atoms with van der Waals surface area (Å²) in [5.74, 6) is -0.0843. The van der Waals surface area contributed by atoms with Crippen LogP contribution >= 0.6 is 0 Å². The molecule has 4 rings (SSSR count). The summed E-state index contributed by atoms with van der Waals surface area (Å²) in [5, 5.41) is 20.4. The van der Waals surface area contributed by atoms with Gasteiger partial charge in [0, 0.05) is 5.56 Å². The molecule has 0 aliphatic rings. The molecule has 0 spiro atoms. The van der Waals surface area contributed by atoms with Crippen LogP contribution in [0.1, 0.15) is 5.56 Å². The summed E-state index contributed by atoms with van der Waals surface area (Å²) < 4.78 is 39.5. The van der Waals surface area contributed by atoms with Gasteiger partial charge in [-0.1, -0.05) is 36.4 Å². The van der Waals surface area contributed by atoms with Crippen LogP contribution in [0.25, 0.3) is 34.2 Å². The molecule has 1 aromatic heterocycles. The molecule has 150 valence electrons. The van der Waals surface area contributed by atoms with Crippen molar-refractivity contribution in [1.82, 2.24) is 15.0 Å². The van der Waals surface area contributed by atoms with Crippen LogP contribution in [-0.4, -0.2) is 25.2 Å². The second-order valence-electron chi connectivity index (χ2n) is 6.42. The average Bonchev–Trinajstić information content (AvgIpc) is 2.73. The molecule has 0 bridgehead atoms. The summed E-state index contributed by atoms with van der Waals surface area (Å²) in [6.45, 7) is 0. The molecule has 0 unspecified atom stereocenters. The van der Waals surface area contributed by atoms with E-state index < -0.39 is 11.7 Å². The van der Waals surface area contributed by atoms with Gasteiger partial charge in [0.2, 0.25) is 0 Å². The first kappa shape index (κ1) is 19.4. The van der Waals surface area contributed by atoms with E-state index in [0.717, 1.165) is 12.1 Å². The Balaban J connectivity index is 1.95. The van der Waals surface area contributed by atoms with Gasteiger partial charge >= 0.3 is 6.18 Å². The SMILES string of the molecule is Oc1ccccc1-c1nc(-c2cccc(C(F)(F)F)c2)nc(-c2ccccc2O)n1. The van der Waals surface area contributed by atoms with Crippen LogP contribution in [0.3, 0.4) is 0 Å². The van der Waals surface area contributed by atoms with Gasteiger partial charge in [0.1, 0.15) is 11.5 Å². The first-order valence-corrected chi connectivity index (χ1v) is 8.83. The molecule has 8 heteroatoms. The van der Waals surface area contributed by atoms with Crippen LogP contribution in [0.2, 0.25) is 0 Å². The highest BCUT2D eigenvalue weighted by atomic mass is 19.4. The van der Waals surface area contributed by atoms with Crippen LogP contribution < -0.4 is 0 Å². The molecule has 0 aliphatic heterocycles. The van der Waals surface area contributed by atoms with E-state index in [4.69, 9.17) is 0 Å². The van der Waals surface area contributed by atoms with Crippen LogP contribution in [-0.2, 0) is 6.18 Å². The Morgan fingerprint density at radius 3 is 1.60 bits per heavy atom. The zero-order valence-corrected chi connectivity index (χ0v) is 15.3. The molecule has 0 saturated heterocycles. The number of aromatic hydroxyl groups is 2. The number of halogens is 3. The summed E-state index contributed by atoms with van der Waals surface area (Å²) in [7, 11) is 0. The molecule has 0 fully saturated rings. The Labute approximate surface area is 169 Å². The van der Waals surface area contributed by atoms with Gasteiger partial charge < -0.3 is 10.2 Å². The monoisotopic (exact) mass is 409 g/mol. The van der Waals surface area contributed by atoms with Gasteiger partial charge in [-0.25, -0.2) is 15.0 Å². The van der Waals surface area contributed by atoms with Crippen molar-refractivity contribution in [2.45, 2.75) is 6.18 Å². The fraction of sp³-hybridized carbons (Fsp3) is 0.0455. The predicted octanol–water partition coefficient (Wildman–Crippen LogP) is 5.30. The number of hydrogen-bond acceptors (Lipinski definition) is 5. The number of para-hydroxylation sites is 2. The average molecular weight is 409 g/mol. The number of hydrogen-bond donors (Lipinski definition) is 2. The van der Waals surface area contributed by atoms with Crippen molar-refractivity contribution < 1.29 is 23.4 Å². The van der Waals surface area contributed by atoms with Crippen LogP contribution in [0.5, 0.6) is 11.5 Å². The Hall–Kier alpha value is -3.94. The molecule has 5 nitrogen and oxygen atoms in total. The molecule has 3 aromatic carbocycles. The van der Waals surface area contributed by atoms with Gasteiger partial charge in [-0.05, 0) is 36.4 Å². The molecule has 1 heterocycles. The van der Waals surface area contributed by atoms with Gasteiger partial charge in [-0.15, -0.1) is 0 Å². The minimum atomic E-state index is -4.52. The Bertz CT molecular complexity index is 1160. The van der Waals surface area contributed by atoms with E-state index in [-0.39, 0.29) is 45.7 Å². The van der Waals surface area contributed by atoms with Crippen molar-refractivity contribution in [1.29, 1.82) is 0 Å². The quantitative estimate of drug-likeness (QED) is 0.480. The zero-order chi connectivity index (χ0) is 21.3. The Kier molecular flexibility index (Phi) is 4.83. The maximum Gasteiger partial charge on any atom is 0.416 e. The molecule has 0 atom stereocenters. The van der Waals surface area contributed by atoms with E-state index in [1.807, 2.05) is 0 Å². The number of phenols is 2. The van der Waals surface area contributed by atoms with Gasteiger partial charge in [0.25, 0.3) is 0 Å². The third kappa shape index (κ3) is 3.80.